The zero-order valence-electron chi connectivity index (χ0n) is 15.7. The molecule has 2 aromatic carbocycles. The Hall–Kier alpha value is -2.26. The molecule has 26 heavy (non-hydrogen) atoms. The lowest BCUT2D eigenvalue weighted by Crippen LogP contribution is -2.37. The van der Waals surface area contributed by atoms with E-state index in [0.717, 1.165) is 24.9 Å². The van der Waals surface area contributed by atoms with Crippen LogP contribution in [-0.4, -0.2) is 29.5 Å². The summed E-state index contributed by atoms with van der Waals surface area (Å²) in [6, 6.07) is 15.6. The van der Waals surface area contributed by atoms with Crippen molar-refractivity contribution in [3.05, 3.63) is 65.4 Å². The molecular weight excluding hydrogens is 318 g/mol. The van der Waals surface area contributed by atoms with E-state index in [-0.39, 0.29) is 0 Å². The van der Waals surface area contributed by atoms with E-state index in [9.17, 15) is 0 Å². The van der Waals surface area contributed by atoms with E-state index in [0.29, 0.717) is 6.04 Å². The molecule has 0 amide bonds. The fourth-order valence-corrected chi connectivity index (χ4v) is 4.39. The number of likely N-dealkylation sites (N-methyl/N-ethyl adjacent to an activating group) is 1. The Kier molecular flexibility index (Phi) is 4.98. The van der Waals surface area contributed by atoms with Crippen molar-refractivity contribution in [2.75, 3.05) is 19.3 Å². The van der Waals surface area contributed by atoms with Crippen molar-refractivity contribution in [2.45, 2.75) is 44.6 Å². The standard InChI is InChI=1S/C23H29N3/c1-26(19-12-13-20-17(15-19)8-6-10-22(20)24)14-5-4-7-18-16-25-23-11-3-2-9-21(18)23/h2-3,6,8-11,16,19,25H,4-5,7,12-15,24H2,1H3. The molecule has 1 aromatic heterocycles. The molecule has 1 aliphatic carbocycles. The van der Waals surface area contributed by atoms with Crippen LogP contribution in [0.4, 0.5) is 5.69 Å². The first-order chi connectivity index (χ1) is 12.7. The smallest absolute Gasteiger partial charge is 0.0456 e. The molecule has 3 aromatic rings. The van der Waals surface area contributed by atoms with Gasteiger partial charge in [-0.15, -0.1) is 0 Å². The van der Waals surface area contributed by atoms with Crippen LogP contribution >= 0.6 is 0 Å². The van der Waals surface area contributed by atoms with Gasteiger partial charge in [-0.05, 0) is 80.9 Å². The number of nitrogens with two attached hydrogens (primary N) is 1. The molecule has 1 atom stereocenters. The third-order valence-electron chi connectivity index (χ3n) is 6.00. The van der Waals surface area contributed by atoms with Crippen LogP contribution in [0.25, 0.3) is 10.9 Å². The van der Waals surface area contributed by atoms with Gasteiger partial charge in [0.2, 0.25) is 0 Å². The van der Waals surface area contributed by atoms with Gasteiger partial charge in [-0.25, -0.2) is 0 Å². The fourth-order valence-electron chi connectivity index (χ4n) is 4.39. The van der Waals surface area contributed by atoms with Crippen LogP contribution in [0.1, 0.15) is 36.0 Å². The summed E-state index contributed by atoms with van der Waals surface area (Å²) < 4.78 is 0. The van der Waals surface area contributed by atoms with Crippen LogP contribution in [0.15, 0.2) is 48.7 Å². The Morgan fingerprint density at radius 3 is 2.92 bits per heavy atom. The quantitative estimate of drug-likeness (QED) is 0.507. The summed E-state index contributed by atoms with van der Waals surface area (Å²) in [5, 5.41) is 1.38. The summed E-state index contributed by atoms with van der Waals surface area (Å²) in [6.07, 6.45) is 9.29. The van der Waals surface area contributed by atoms with Crippen LogP contribution in [-0.2, 0) is 19.3 Å². The van der Waals surface area contributed by atoms with Crippen LogP contribution in [0.5, 0.6) is 0 Å². The highest BCUT2D eigenvalue weighted by Gasteiger charge is 2.22. The second kappa shape index (κ2) is 7.55. The zero-order chi connectivity index (χ0) is 17.9. The van der Waals surface area contributed by atoms with E-state index in [1.807, 2.05) is 6.07 Å². The van der Waals surface area contributed by atoms with Crippen LogP contribution in [0.2, 0.25) is 0 Å². The van der Waals surface area contributed by atoms with Crippen molar-refractivity contribution in [3.8, 4) is 0 Å². The molecule has 0 radical (unpaired) electrons. The van der Waals surface area contributed by atoms with Gasteiger partial charge in [-0.1, -0.05) is 30.3 Å². The van der Waals surface area contributed by atoms with E-state index < -0.39 is 0 Å². The van der Waals surface area contributed by atoms with E-state index >= 15 is 0 Å². The zero-order valence-corrected chi connectivity index (χ0v) is 15.7. The van der Waals surface area contributed by atoms with Gasteiger partial charge in [0, 0.05) is 28.8 Å². The molecule has 4 rings (SSSR count). The van der Waals surface area contributed by atoms with Crippen molar-refractivity contribution < 1.29 is 0 Å². The molecule has 0 fully saturated rings. The highest BCUT2D eigenvalue weighted by Crippen LogP contribution is 2.28. The third kappa shape index (κ3) is 3.49. The summed E-state index contributed by atoms with van der Waals surface area (Å²) >= 11 is 0. The monoisotopic (exact) mass is 347 g/mol. The Balaban J connectivity index is 1.27. The molecule has 0 aliphatic heterocycles. The van der Waals surface area contributed by atoms with Gasteiger partial charge in [0.15, 0.2) is 0 Å². The predicted molar refractivity (Wildman–Crippen MR) is 111 cm³/mol. The van der Waals surface area contributed by atoms with E-state index in [4.69, 9.17) is 5.73 Å². The first-order valence-corrected chi connectivity index (χ1v) is 9.84. The molecule has 3 nitrogen and oxygen atoms in total. The Labute approximate surface area is 156 Å². The normalized spacial score (nSPS) is 16.9. The number of aromatic amines is 1. The molecule has 0 saturated carbocycles. The number of hydrogen-bond acceptors (Lipinski definition) is 2. The number of nitrogens with zero attached hydrogens (tertiary/aromatic N) is 1. The maximum Gasteiger partial charge on any atom is 0.0456 e. The Bertz CT molecular complexity index is 880. The fraction of sp³-hybridized carbons (Fsp3) is 0.391. The van der Waals surface area contributed by atoms with Crippen molar-refractivity contribution >= 4 is 16.6 Å². The number of aryl methyl sites for hydroxylation is 1. The lowest BCUT2D eigenvalue weighted by atomic mass is 9.86. The first kappa shape index (κ1) is 17.2. The van der Waals surface area contributed by atoms with Crippen LogP contribution in [0.3, 0.4) is 0 Å². The molecule has 1 heterocycles. The van der Waals surface area contributed by atoms with Gasteiger partial charge < -0.3 is 15.6 Å². The molecule has 1 aliphatic rings. The largest absolute Gasteiger partial charge is 0.398 e. The average molecular weight is 348 g/mol. The number of unbranched alkanes of at least 4 members (excludes halogenated alkanes) is 1. The summed E-state index contributed by atoms with van der Waals surface area (Å²) in [5.41, 5.74) is 12.6. The van der Waals surface area contributed by atoms with E-state index in [2.05, 4.69) is 59.5 Å². The van der Waals surface area contributed by atoms with Gasteiger partial charge in [-0.2, -0.15) is 0 Å². The molecule has 0 bridgehead atoms. The number of anilines is 1. The molecular formula is C23H29N3. The molecule has 3 N–H and O–H groups in total. The van der Waals surface area contributed by atoms with Gasteiger partial charge in [-0.3, -0.25) is 0 Å². The number of rotatable bonds is 6. The maximum atomic E-state index is 6.13. The number of fused-ring (bicyclic) bond motifs is 2. The summed E-state index contributed by atoms with van der Waals surface area (Å²) in [7, 11) is 2.29. The number of para-hydroxylation sites is 1. The highest BCUT2D eigenvalue weighted by atomic mass is 15.1. The number of benzene rings is 2. The van der Waals surface area contributed by atoms with Gasteiger partial charge in [0.25, 0.3) is 0 Å². The van der Waals surface area contributed by atoms with Crippen molar-refractivity contribution in [1.29, 1.82) is 0 Å². The summed E-state index contributed by atoms with van der Waals surface area (Å²) in [4.78, 5) is 5.94. The minimum absolute atomic E-state index is 0.650. The highest BCUT2D eigenvalue weighted by molar-refractivity contribution is 5.82. The van der Waals surface area contributed by atoms with Gasteiger partial charge >= 0.3 is 0 Å². The maximum absolute atomic E-state index is 6.13. The van der Waals surface area contributed by atoms with Crippen LogP contribution < -0.4 is 5.73 Å². The topological polar surface area (TPSA) is 45.0 Å². The lowest BCUT2D eigenvalue weighted by Gasteiger charge is -2.33. The minimum Gasteiger partial charge on any atom is -0.398 e. The second-order valence-electron chi connectivity index (χ2n) is 7.68. The average Bonchev–Trinajstić information content (AvgIpc) is 3.08. The summed E-state index contributed by atoms with van der Waals surface area (Å²) in [5.74, 6) is 0. The molecule has 3 heteroatoms. The summed E-state index contributed by atoms with van der Waals surface area (Å²) in [6.45, 7) is 1.17. The lowest BCUT2D eigenvalue weighted by molar-refractivity contribution is 0.218. The van der Waals surface area contributed by atoms with E-state index in [1.165, 1.54) is 53.4 Å². The van der Waals surface area contributed by atoms with Gasteiger partial charge in [0.1, 0.15) is 0 Å². The number of aromatic nitrogens is 1. The van der Waals surface area contributed by atoms with E-state index in [1.54, 1.807) is 0 Å². The molecule has 136 valence electrons. The van der Waals surface area contributed by atoms with Gasteiger partial charge in [0.05, 0.1) is 0 Å². The second-order valence-corrected chi connectivity index (χ2v) is 7.68. The Morgan fingerprint density at radius 1 is 1.12 bits per heavy atom. The van der Waals surface area contributed by atoms with Crippen molar-refractivity contribution in [1.82, 2.24) is 9.88 Å². The van der Waals surface area contributed by atoms with Crippen molar-refractivity contribution in [2.24, 2.45) is 0 Å². The molecule has 0 spiro atoms. The number of H-pyrrole nitrogens is 1. The SMILES string of the molecule is CN(CCCCc1c[nH]c2ccccc12)C1CCc2c(N)cccc2C1. The third-order valence-corrected chi connectivity index (χ3v) is 6.00. The number of hydrogen-bond donors (Lipinski definition) is 2. The number of nitrogens with one attached hydrogen (secondary N) is 1. The molecule has 0 saturated heterocycles. The predicted octanol–water partition coefficient (Wildman–Crippen LogP) is 4.56. The van der Waals surface area contributed by atoms with Crippen molar-refractivity contribution in [3.63, 3.8) is 0 Å². The first-order valence-electron chi connectivity index (χ1n) is 9.84. The Morgan fingerprint density at radius 2 is 2.00 bits per heavy atom. The van der Waals surface area contributed by atoms with Crippen LogP contribution in [0, 0.1) is 0 Å². The minimum atomic E-state index is 0.650. The molecule has 1 unspecified atom stereocenters. The number of nitrogen functional groups attached to an aromatic ring is 1.